The molecule has 1 fully saturated rings. The zero-order valence-corrected chi connectivity index (χ0v) is 11.8. The minimum atomic E-state index is -0.409. The molecule has 1 aromatic rings. The van der Waals surface area contributed by atoms with Crippen LogP contribution < -0.4 is 5.32 Å². The van der Waals surface area contributed by atoms with Crippen LogP contribution in [0, 0.1) is 5.82 Å². The molecule has 3 nitrogen and oxygen atoms in total. The fraction of sp³-hybridized carbons (Fsp3) is 0.462. The van der Waals surface area contributed by atoms with Gasteiger partial charge in [-0.25, -0.2) is 4.39 Å². The number of likely N-dealkylation sites (N-methyl/N-ethyl adjacent to an activating group) is 1. The van der Waals surface area contributed by atoms with E-state index in [1.165, 1.54) is 6.07 Å². The van der Waals surface area contributed by atoms with Crippen LogP contribution in [0.2, 0.25) is 0 Å². The molecule has 0 bridgehead atoms. The van der Waals surface area contributed by atoms with Gasteiger partial charge in [-0.15, -0.1) is 0 Å². The van der Waals surface area contributed by atoms with Crippen molar-refractivity contribution < 1.29 is 9.18 Å². The van der Waals surface area contributed by atoms with Gasteiger partial charge in [0.05, 0.1) is 4.47 Å². The first-order valence-electron chi connectivity index (χ1n) is 6.02. The first kappa shape index (κ1) is 13.5. The zero-order valence-electron chi connectivity index (χ0n) is 10.2. The first-order valence-corrected chi connectivity index (χ1v) is 6.81. The van der Waals surface area contributed by atoms with Crippen molar-refractivity contribution in [3.8, 4) is 0 Å². The van der Waals surface area contributed by atoms with Crippen molar-refractivity contribution in [2.75, 3.05) is 20.1 Å². The molecule has 98 valence electrons. The Bertz CT molecular complexity index is 447. The molecule has 0 spiro atoms. The Morgan fingerprint density at radius 2 is 2.39 bits per heavy atom. The summed E-state index contributed by atoms with van der Waals surface area (Å²) >= 11 is 3.08. The average molecular weight is 315 g/mol. The lowest BCUT2D eigenvalue weighted by Crippen LogP contribution is -2.38. The van der Waals surface area contributed by atoms with Crippen LogP contribution in [0.1, 0.15) is 23.2 Å². The smallest absolute Gasteiger partial charge is 0.253 e. The van der Waals surface area contributed by atoms with E-state index in [1.807, 2.05) is 0 Å². The quantitative estimate of drug-likeness (QED) is 0.929. The summed E-state index contributed by atoms with van der Waals surface area (Å²) in [6, 6.07) is 4.82. The van der Waals surface area contributed by atoms with Gasteiger partial charge in [-0.05, 0) is 53.5 Å². The molecule has 0 radical (unpaired) electrons. The summed E-state index contributed by atoms with van der Waals surface area (Å²) in [4.78, 5) is 13.8. The lowest BCUT2D eigenvalue weighted by molar-refractivity contribution is 0.0783. The number of amides is 1. The number of hydrogen-bond acceptors (Lipinski definition) is 2. The SMILES string of the molecule is CN(CC1CCCN1)C(=O)c1ccc(Br)c(F)c1. The minimum Gasteiger partial charge on any atom is -0.340 e. The summed E-state index contributed by atoms with van der Waals surface area (Å²) in [5, 5.41) is 3.34. The van der Waals surface area contributed by atoms with Crippen LogP contribution >= 0.6 is 15.9 Å². The summed E-state index contributed by atoms with van der Waals surface area (Å²) in [6.45, 7) is 1.68. The van der Waals surface area contributed by atoms with Crippen LogP contribution in [-0.4, -0.2) is 37.0 Å². The van der Waals surface area contributed by atoms with E-state index in [0.717, 1.165) is 19.4 Å². The molecule has 1 aliphatic rings. The molecule has 1 aliphatic heterocycles. The van der Waals surface area contributed by atoms with Crippen LogP contribution in [0.3, 0.4) is 0 Å². The third-order valence-electron chi connectivity index (χ3n) is 3.17. The Balaban J connectivity index is 2.02. The summed E-state index contributed by atoms with van der Waals surface area (Å²) in [6.07, 6.45) is 2.24. The molecule has 1 atom stereocenters. The number of halogens is 2. The second-order valence-electron chi connectivity index (χ2n) is 4.61. The topological polar surface area (TPSA) is 32.3 Å². The van der Waals surface area contributed by atoms with Crippen LogP contribution in [0.4, 0.5) is 4.39 Å². The van der Waals surface area contributed by atoms with Gasteiger partial charge in [0.15, 0.2) is 0 Å². The maximum absolute atomic E-state index is 13.4. The normalized spacial score (nSPS) is 18.9. The molecular weight excluding hydrogens is 299 g/mol. The number of hydrogen-bond donors (Lipinski definition) is 1. The largest absolute Gasteiger partial charge is 0.340 e. The van der Waals surface area contributed by atoms with Gasteiger partial charge in [0.1, 0.15) is 5.82 Å². The summed E-state index contributed by atoms with van der Waals surface area (Å²) in [7, 11) is 1.75. The third kappa shape index (κ3) is 3.09. The van der Waals surface area contributed by atoms with Crippen molar-refractivity contribution in [2.45, 2.75) is 18.9 Å². The second-order valence-corrected chi connectivity index (χ2v) is 5.46. The highest BCUT2D eigenvalue weighted by Crippen LogP contribution is 2.17. The molecule has 1 heterocycles. The average Bonchev–Trinajstić information content (AvgIpc) is 2.84. The van der Waals surface area contributed by atoms with Gasteiger partial charge in [0, 0.05) is 25.2 Å². The number of carbonyl (C=O) groups is 1. The van der Waals surface area contributed by atoms with E-state index in [1.54, 1.807) is 24.1 Å². The van der Waals surface area contributed by atoms with E-state index in [2.05, 4.69) is 21.2 Å². The molecule has 1 unspecified atom stereocenters. The lowest BCUT2D eigenvalue weighted by atomic mass is 10.1. The van der Waals surface area contributed by atoms with Gasteiger partial charge < -0.3 is 10.2 Å². The molecule has 0 aliphatic carbocycles. The molecule has 2 rings (SSSR count). The summed E-state index contributed by atoms with van der Waals surface area (Å²) in [5.41, 5.74) is 0.385. The maximum atomic E-state index is 13.4. The van der Waals surface area contributed by atoms with E-state index >= 15 is 0 Å². The van der Waals surface area contributed by atoms with E-state index in [4.69, 9.17) is 0 Å². The van der Waals surface area contributed by atoms with Gasteiger partial charge in [-0.3, -0.25) is 4.79 Å². The predicted octanol–water partition coefficient (Wildman–Crippen LogP) is 2.41. The van der Waals surface area contributed by atoms with Gasteiger partial charge >= 0.3 is 0 Å². The van der Waals surface area contributed by atoms with Gasteiger partial charge in [0.2, 0.25) is 0 Å². The Kier molecular flexibility index (Phi) is 4.35. The molecule has 0 aromatic heterocycles. The number of nitrogens with one attached hydrogen (secondary N) is 1. The van der Waals surface area contributed by atoms with Crippen molar-refractivity contribution in [3.63, 3.8) is 0 Å². The van der Waals surface area contributed by atoms with Gasteiger partial charge in [-0.2, -0.15) is 0 Å². The van der Waals surface area contributed by atoms with Crippen molar-refractivity contribution in [1.82, 2.24) is 10.2 Å². The Hall–Kier alpha value is -0.940. The summed E-state index contributed by atoms with van der Waals surface area (Å²) in [5.74, 6) is -0.552. The van der Waals surface area contributed by atoms with Crippen molar-refractivity contribution in [2.24, 2.45) is 0 Å². The molecular formula is C13H16BrFN2O. The molecule has 0 saturated carbocycles. The van der Waals surface area contributed by atoms with E-state index < -0.39 is 5.82 Å². The fourth-order valence-corrected chi connectivity index (χ4v) is 2.42. The van der Waals surface area contributed by atoms with Crippen molar-refractivity contribution >= 4 is 21.8 Å². The number of rotatable bonds is 3. The molecule has 1 amide bonds. The van der Waals surface area contributed by atoms with Gasteiger partial charge in [0.25, 0.3) is 5.91 Å². The van der Waals surface area contributed by atoms with Crippen LogP contribution in [0.25, 0.3) is 0 Å². The van der Waals surface area contributed by atoms with Crippen molar-refractivity contribution in [1.29, 1.82) is 0 Å². The van der Waals surface area contributed by atoms with Gasteiger partial charge in [-0.1, -0.05) is 0 Å². The number of carbonyl (C=O) groups excluding carboxylic acids is 1. The highest BCUT2D eigenvalue weighted by Gasteiger charge is 2.20. The zero-order chi connectivity index (χ0) is 13.1. The lowest BCUT2D eigenvalue weighted by Gasteiger charge is -2.21. The third-order valence-corrected chi connectivity index (χ3v) is 3.81. The fourth-order valence-electron chi connectivity index (χ4n) is 2.18. The second kappa shape index (κ2) is 5.80. The molecule has 1 aromatic carbocycles. The Morgan fingerprint density at radius 3 is 3.00 bits per heavy atom. The monoisotopic (exact) mass is 314 g/mol. The van der Waals surface area contributed by atoms with Crippen molar-refractivity contribution in [3.05, 3.63) is 34.1 Å². The molecule has 18 heavy (non-hydrogen) atoms. The Morgan fingerprint density at radius 1 is 1.61 bits per heavy atom. The highest BCUT2D eigenvalue weighted by atomic mass is 79.9. The summed E-state index contributed by atoms with van der Waals surface area (Å²) < 4.78 is 13.8. The standard InChI is InChI=1S/C13H16BrFN2O/c1-17(8-10-3-2-6-16-10)13(18)9-4-5-11(14)12(15)7-9/h4-5,7,10,16H,2-3,6,8H2,1H3. The maximum Gasteiger partial charge on any atom is 0.253 e. The Labute approximate surface area is 114 Å². The number of benzene rings is 1. The van der Waals surface area contributed by atoms with E-state index in [-0.39, 0.29) is 5.91 Å². The van der Waals surface area contributed by atoms with Crippen LogP contribution in [0.15, 0.2) is 22.7 Å². The molecule has 5 heteroatoms. The van der Waals surface area contributed by atoms with E-state index in [0.29, 0.717) is 22.6 Å². The number of nitrogens with zero attached hydrogens (tertiary/aromatic N) is 1. The minimum absolute atomic E-state index is 0.143. The predicted molar refractivity (Wildman–Crippen MR) is 72.1 cm³/mol. The molecule has 1 N–H and O–H groups in total. The molecule has 1 saturated heterocycles. The van der Waals surface area contributed by atoms with E-state index in [9.17, 15) is 9.18 Å². The first-order chi connectivity index (χ1) is 8.58. The van der Waals surface area contributed by atoms with Crippen LogP contribution in [-0.2, 0) is 0 Å². The highest BCUT2D eigenvalue weighted by molar-refractivity contribution is 9.10. The van der Waals surface area contributed by atoms with Crippen LogP contribution in [0.5, 0.6) is 0 Å².